The molecule has 1 fully saturated rings. The average molecular weight is 310 g/mol. The average Bonchev–Trinajstić information content (AvgIpc) is 2.55. The molecule has 5 nitrogen and oxygen atoms in total. The number of hydrogen-bond donors (Lipinski definition) is 0. The number of halogens is 1. The highest BCUT2D eigenvalue weighted by Crippen LogP contribution is 2.29. The Balaban J connectivity index is 1.93. The fourth-order valence-corrected chi connectivity index (χ4v) is 2.59. The molecule has 0 spiro atoms. The molecule has 1 atom stereocenters. The lowest BCUT2D eigenvalue weighted by atomic mass is 9.99. The van der Waals surface area contributed by atoms with Gasteiger partial charge in [0, 0.05) is 19.2 Å². The van der Waals surface area contributed by atoms with Gasteiger partial charge in [-0.25, -0.2) is 9.99 Å². The van der Waals surface area contributed by atoms with Crippen molar-refractivity contribution in [3.05, 3.63) is 22.9 Å². The van der Waals surface area contributed by atoms with Gasteiger partial charge >= 0.3 is 0 Å². The van der Waals surface area contributed by atoms with E-state index in [9.17, 15) is 4.79 Å². The summed E-state index contributed by atoms with van der Waals surface area (Å²) in [5.74, 6) is -0.0759. The molecule has 3 heterocycles. The Morgan fingerprint density at radius 1 is 1.44 bits per heavy atom. The van der Waals surface area contributed by atoms with Crippen LogP contribution in [0.3, 0.4) is 0 Å². The van der Waals surface area contributed by atoms with Crippen molar-refractivity contribution >= 4 is 33.2 Å². The first-order valence-corrected chi connectivity index (χ1v) is 6.65. The van der Waals surface area contributed by atoms with Crippen molar-refractivity contribution in [1.82, 2.24) is 4.98 Å². The quantitative estimate of drug-likeness (QED) is 0.745. The summed E-state index contributed by atoms with van der Waals surface area (Å²) >= 11 is 3.30. The van der Waals surface area contributed by atoms with E-state index < -0.39 is 0 Å². The van der Waals surface area contributed by atoms with Gasteiger partial charge in [-0.2, -0.15) is 5.10 Å². The summed E-state index contributed by atoms with van der Waals surface area (Å²) in [6.45, 7) is 1.28. The van der Waals surface area contributed by atoms with Gasteiger partial charge in [0.05, 0.1) is 23.9 Å². The topological polar surface area (TPSA) is 54.8 Å². The van der Waals surface area contributed by atoms with Crippen molar-refractivity contribution in [3.63, 3.8) is 0 Å². The fourth-order valence-electron chi connectivity index (χ4n) is 2.24. The van der Waals surface area contributed by atoms with Crippen LogP contribution in [0, 0.1) is 5.92 Å². The van der Waals surface area contributed by atoms with Gasteiger partial charge in [-0.05, 0) is 34.5 Å². The van der Waals surface area contributed by atoms with Gasteiger partial charge in [0.2, 0.25) is 0 Å². The maximum absolute atomic E-state index is 12.3. The second-order valence-electron chi connectivity index (χ2n) is 4.28. The molecule has 0 aliphatic carbocycles. The number of fused-ring (bicyclic) bond motifs is 1. The van der Waals surface area contributed by atoms with E-state index in [1.165, 1.54) is 5.01 Å². The zero-order valence-electron chi connectivity index (χ0n) is 9.67. The van der Waals surface area contributed by atoms with E-state index in [1.54, 1.807) is 18.3 Å². The maximum atomic E-state index is 12.3. The number of anilines is 1. The van der Waals surface area contributed by atoms with Crippen LogP contribution in [0.1, 0.15) is 12.8 Å². The van der Waals surface area contributed by atoms with Crippen LogP contribution < -0.4 is 5.01 Å². The summed E-state index contributed by atoms with van der Waals surface area (Å²) < 4.78 is 6.07. The van der Waals surface area contributed by atoms with Crippen LogP contribution in [0.4, 0.5) is 5.69 Å². The zero-order valence-corrected chi connectivity index (χ0v) is 11.3. The molecular formula is C12H12BrN3O2. The molecular weight excluding hydrogens is 298 g/mol. The Bertz CT molecular complexity index is 518. The number of pyridine rings is 1. The zero-order chi connectivity index (χ0) is 12.5. The van der Waals surface area contributed by atoms with Crippen molar-refractivity contribution in [2.75, 3.05) is 18.2 Å². The van der Waals surface area contributed by atoms with Crippen LogP contribution >= 0.6 is 15.9 Å². The summed E-state index contributed by atoms with van der Waals surface area (Å²) in [7, 11) is 0. The minimum absolute atomic E-state index is 0.0357. The normalized spacial score (nSPS) is 23.6. The Hall–Kier alpha value is -1.27. The molecule has 0 bridgehead atoms. The highest BCUT2D eigenvalue weighted by atomic mass is 79.9. The molecule has 18 heavy (non-hydrogen) atoms. The Labute approximate surface area is 113 Å². The third kappa shape index (κ3) is 2.06. The molecule has 0 saturated carbocycles. The summed E-state index contributed by atoms with van der Waals surface area (Å²) in [5, 5.41) is 5.92. The Morgan fingerprint density at radius 2 is 2.33 bits per heavy atom. The van der Waals surface area contributed by atoms with Crippen LogP contribution in [0.2, 0.25) is 0 Å². The van der Waals surface area contributed by atoms with E-state index in [1.807, 2.05) is 0 Å². The lowest BCUT2D eigenvalue weighted by Gasteiger charge is -2.13. The second-order valence-corrected chi connectivity index (χ2v) is 5.09. The lowest BCUT2D eigenvalue weighted by molar-refractivity contribution is -0.120. The number of carbonyl (C=O) groups excluding carboxylic acids is 1. The molecule has 0 radical (unpaired) electrons. The summed E-state index contributed by atoms with van der Waals surface area (Å²) in [6.07, 6.45) is 3.11. The third-order valence-electron chi connectivity index (χ3n) is 3.15. The number of aromatic nitrogens is 1. The summed E-state index contributed by atoms with van der Waals surface area (Å²) in [5.41, 5.74) is 1.69. The number of amides is 1. The molecule has 6 heteroatoms. The molecule has 1 aromatic rings. The summed E-state index contributed by atoms with van der Waals surface area (Å²) in [6, 6.07) is 3.58. The number of carbonyl (C=O) groups is 1. The van der Waals surface area contributed by atoms with Crippen LogP contribution in [0.5, 0.6) is 0 Å². The molecule has 0 aromatic carbocycles. The van der Waals surface area contributed by atoms with E-state index in [2.05, 4.69) is 26.0 Å². The van der Waals surface area contributed by atoms with Crippen molar-refractivity contribution in [2.24, 2.45) is 11.0 Å². The van der Waals surface area contributed by atoms with Gasteiger partial charge in [-0.1, -0.05) is 0 Å². The van der Waals surface area contributed by atoms with E-state index in [4.69, 9.17) is 4.74 Å². The van der Waals surface area contributed by atoms with Crippen LogP contribution in [0.15, 0.2) is 28.0 Å². The predicted molar refractivity (Wildman–Crippen MR) is 70.4 cm³/mol. The second kappa shape index (κ2) is 4.78. The standard InChI is InChI=1S/C12H12BrN3O2/c13-11-7-8(1-4-14-11)16-12(17)9-2-5-18-6-3-10(9)15-16/h1,4,7,9H,2-3,5-6H2. The molecule has 1 unspecified atom stereocenters. The van der Waals surface area contributed by atoms with Crippen LogP contribution in [-0.4, -0.2) is 29.8 Å². The van der Waals surface area contributed by atoms with Crippen molar-refractivity contribution < 1.29 is 9.53 Å². The number of nitrogens with zero attached hydrogens (tertiary/aromatic N) is 3. The van der Waals surface area contributed by atoms with Gasteiger partial charge in [-0.3, -0.25) is 4.79 Å². The molecule has 1 aromatic heterocycles. The molecule has 2 aliphatic rings. The van der Waals surface area contributed by atoms with E-state index >= 15 is 0 Å². The van der Waals surface area contributed by atoms with E-state index in [0.29, 0.717) is 17.8 Å². The lowest BCUT2D eigenvalue weighted by Crippen LogP contribution is -2.27. The highest BCUT2D eigenvalue weighted by molar-refractivity contribution is 9.10. The fraction of sp³-hybridized carbons (Fsp3) is 0.417. The third-order valence-corrected chi connectivity index (χ3v) is 3.58. The molecule has 3 rings (SSSR count). The largest absolute Gasteiger partial charge is 0.381 e. The first kappa shape index (κ1) is 11.8. The molecule has 94 valence electrons. The Kier molecular flexibility index (Phi) is 3.13. The number of hydrogen-bond acceptors (Lipinski definition) is 4. The molecule has 1 saturated heterocycles. The predicted octanol–water partition coefficient (Wildman–Crippen LogP) is 1.97. The van der Waals surface area contributed by atoms with E-state index in [0.717, 1.165) is 24.2 Å². The van der Waals surface area contributed by atoms with Crippen molar-refractivity contribution in [2.45, 2.75) is 12.8 Å². The van der Waals surface area contributed by atoms with Gasteiger partial charge in [0.15, 0.2) is 0 Å². The molecule has 2 aliphatic heterocycles. The monoisotopic (exact) mass is 309 g/mol. The summed E-state index contributed by atoms with van der Waals surface area (Å²) in [4.78, 5) is 16.4. The van der Waals surface area contributed by atoms with Gasteiger partial charge in [0.25, 0.3) is 5.91 Å². The van der Waals surface area contributed by atoms with Crippen molar-refractivity contribution in [1.29, 1.82) is 0 Å². The maximum Gasteiger partial charge on any atom is 0.256 e. The SMILES string of the molecule is O=C1C2CCOCCC2=NN1c1ccnc(Br)c1. The Morgan fingerprint density at radius 3 is 3.17 bits per heavy atom. The minimum atomic E-state index is -0.112. The van der Waals surface area contributed by atoms with E-state index in [-0.39, 0.29) is 11.8 Å². The van der Waals surface area contributed by atoms with Crippen molar-refractivity contribution in [3.8, 4) is 0 Å². The first-order valence-electron chi connectivity index (χ1n) is 5.86. The number of hydrazone groups is 1. The van der Waals surface area contributed by atoms with Gasteiger partial charge in [0.1, 0.15) is 4.60 Å². The van der Waals surface area contributed by atoms with Gasteiger partial charge in [-0.15, -0.1) is 0 Å². The van der Waals surface area contributed by atoms with Crippen LogP contribution in [0.25, 0.3) is 0 Å². The van der Waals surface area contributed by atoms with Crippen LogP contribution in [-0.2, 0) is 9.53 Å². The minimum Gasteiger partial charge on any atom is -0.381 e. The molecule has 1 amide bonds. The number of rotatable bonds is 1. The first-order chi connectivity index (χ1) is 8.75. The van der Waals surface area contributed by atoms with Gasteiger partial charge < -0.3 is 4.74 Å². The number of ether oxygens (including phenoxy) is 1. The smallest absolute Gasteiger partial charge is 0.256 e. The highest BCUT2D eigenvalue weighted by Gasteiger charge is 2.37. The molecule has 0 N–H and O–H groups in total.